The minimum atomic E-state index is -3.87. The zero-order valence-electron chi connectivity index (χ0n) is 9.08. The van der Waals surface area contributed by atoms with Crippen LogP contribution in [0.15, 0.2) is 5.16 Å². The minimum absolute atomic E-state index is 0.153. The molecule has 2 aromatic heterocycles. The second-order valence-corrected chi connectivity index (χ2v) is 5.88. The predicted molar refractivity (Wildman–Crippen MR) is 60.7 cm³/mol. The summed E-state index contributed by atoms with van der Waals surface area (Å²) in [5.41, 5.74) is 0.731. The van der Waals surface area contributed by atoms with Crippen molar-refractivity contribution in [1.82, 2.24) is 24.8 Å². The standard InChI is InChI=1S/C7H10N6O2S2/c1-3(2)4-5(16-13-10-4)6-9-7(12-11-6)17(8,14)15/h3H,1-2H3,(H2,8,14,15)(H,9,11,12). The lowest BCUT2D eigenvalue weighted by Crippen LogP contribution is -2.13. The quantitative estimate of drug-likeness (QED) is 0.816. The molecule has 0 aromatic carbocycles. The van der Waals surface area contributed by atoms with Crippen LogP contribution in [0.5, 0.6) is 0 Å². The van der Waals surface area contributed by atoms with E-state index in [2.05, 4.69) is 24.8 Å². The molecular formula is C7H10N6O2S2. The van der Waals surface area contributed by atoms with Gasteiger partial charge in [-0.1, -0.05) is 18.3 Å². The SMILES string of the molecule is CC(C)c1nnsc1-c1n[nH]c(S(N)(=O)=O)n1. The van der Waals surface area contributed by atoms with Crippen molar-refractivity contribution < 1.29 is 8.42 Å². The van der Waals surface area contributed by atoms with Crippen LogP contribution in [0.1, 0.15) is 25.5 Å². The monoisotopic (exact) mass is 274 g/mol. The minimum Gasteiger partial charge on any atom is -0.248 e. The molecule has 0 saturated heterocycles. The number of aromatic amines is 1. The van der Waals surface area contributed by atoms with Crippen molar-refractivity contribution in [2.75, 3.05) is 0 Å². The van der Waals surface area contributed by atoms with Crippen LogP contribution in [0.2, 0.25) is 0 Å². The number of primary sulfonamides is 1. The molecular weight excluding hydrogens is 264 g/mol. The first-order chi connectivity index (χ1) is 7.89. The van der Waals surface area contributed by atoms with Crippen molar-refractivity contribution in [2.45, 2.75) is 24.9 Å². The summed E-state index contributed by atoms with van der Waals surface area (Å²) in [5.74, 6) is 0.396. The van der Waals surface area contributed by atoms with Crippen LogP contribution in [-0.4, -0.2) is 33.2 Å². The van der Waals surface area contributed by atoms with Gasteiger partial charge in [0, 0.05) is 0 Å². The van der Waals surface area contributed by atoms with Crippen molar-refractivity contribution in [2.24, 2.45) is 5.14 Å². The molecule has 0 saturated carbocycles. The van der Waals surface area contributed by atoms with Gasteiger partial charge in [0.15, 0.2) is 5.82 Å². The fourth-order valence-electron chi connectivity index (χ4n) is 1.21. The third-order valence-electron chi connectivity index (χ3n) is 2.00. The molecule has 2 heterocycles. The lowest BCUT2D eigenvalue weighted by Gasteiger charge is -1.99. The number of hydrogen-bond acceptors (Lipinski definition) is 7. The zero-order chi connectivity index (χ0) is 12.6. The average molecular weight is 274 g/mol. The average Bonchev–Trinajstić information content (AvgIpc) is 2.85. The summed E-state index contributed by atoms with van der Waals surface area (Å²) >= 11 is 1.11. The highest BCUT2D eigenvalue weighted by Crippen LogP contribution is 2.28. The molecule has 8 nitrogen and oxygen atoms in total. The van der Waals surface area contributed by atoms with Crippen molar-refractivity contribution in [3.05, 3.63) is 5.69 Å². The fourth-order valence-corrected chi connectivity index (χ4v) is 2.35. The van der Waals surface area contributed by atoms with E-state index in [0.717, 1.165) is 17.2 Å². The molecule has 0 aliphatic rings. The van der Waals surface area contributed by atoms with Gasteiger partial charge in [-0.3, -0.25) is 0 Å². The Bertz CT molecular complexity index is 628. The Balaban J connectivity index is 2.48. The van der Waals surface area contributed by atoms with Crippen LogP contribution in [-0.2, 0) is 10.0 Å². The third-order valence-corrected chi connectivity index (χ3v) is 3.46. The van der Waals surface area contributed by atoms with Crippen molar-refractivity contribution in [3.8, 4) is 10.7 Å². The Morgan fingerprint density at radius 2 is 2.12 bits per heavy atom. The normalized spacial score (nSPS) is 12.2. The molecule has 3 N–H and O–H groups in total. The van der Waals surface area contributed by atoms with E-state index in [1.807, 2.05) is 13.8 Å². The summed E-state index contributed by atoms with van der Waals surface area (Å²) in [4.78, 5) is 4.46. The topological polar surface area (TPSA) is 128 Å². The van der Waals surface area contributed by atoms with Gasteiger partial charge in [0.2, 0.25) is 0 Å². The summed E-state index contributed by atoms with van der Waals surface area (Å²) in [6.45, 7) is 3.90. The van der Waals surface area contributed by atoms with E-state index < -0.39 is 10.0 Å². The summed E-state index contributed by atoms with van der Waals surface area (Å²) in [6, 6.07) is 0. The van der Waals surface area contributed by atoms with Crippen LogP contribution >= 0.6 is 11.5 Å². The molecule has 17 heavy (non-hydrogen) atoms. The van der Waals surface area contributed by atoms with Gasteiger partial charge in [-0.2, -0.15) is 10.1 Å². The summed E-state index contributed by atoms with van der Waals surface area (Å²) in [6.07, 6.45) is 0. The number of sulfonamides is 1. The van der Waals surface area contributed by atoms with Crippen molar-refractivity contribution in [3.63, 3.8) is 0 Å². The molecule has 0 fully saturated rings. The van der Waals surface area contributed by atoms with Gasteiger partial charge in [-0.25, -0.2) is 18.7 Å². The molecule has 0 aliphatic heterocycles. The molecule has 0 unspecified atom stereocenters. The smallest absolute Gasteiger partial charge is 0.248 e. The Labute approximate surface area is 101 Å². The molecule has 0 spiro atoms. The Morgan fingerprint density at radius 1 is 1.41 bits per heavy atom. The van der Waals surface area contributed by atoms with E-state index >= 15 is 0 Å². The first-order valence-electron chi connectivity index (χ1n) is 4.67. The Kier molecular flexibility index (Phi) is 2.93. The maximum absolute atomic E-state index is 11.1. The molecule has 0 bridgehead atoms. The van der Waals surface area contributed by atoms with E-state index in [4.69, 9.17) is 5.14 Å². The van der Waals surface area contributed by atoms with Gasteiger partial charge in [0.05, 0.1) is 5.69 Å². The van der Waals surface area contributed by atoms with Gasteiger partial charge in [0.1, 0.15) is 4.88 Å². The highest BCUT2D eigenvalue weighted by atomic mass is 32.2. The first kappa shape index (κ1) is 12.1. The van der Waals surface area contributed by atoms with E-state index in [9.17, 15) is 8.42 Å². The number of nitrogens with one attached hydrogen (secondary N) is 1. The molecule has 0 radical (unpaired) electrons. The second-order valence-electron chi connectivity index (χ2n) is 3.65. The van der Waals surface area contributed by atoms with E-state index in [0.29, 0.717) is 4.88 Å². The molecule has 0 aliphatic carbocycles. The molecule has 2 aromatic rings. The van der Waals surface area contributed by atoms with E-state index in [1.165, 1.54) is 0 Å². The van der Waals surface area contributed by atoms with Crippen LogP contribution < -0.4 is 5.14 Å². The maximum atomic E-state index is 11.1. The van der Waals surface area contributed by atoms with Crippen LogP contribution in [0.3, 0.4) is 0 Å². The van der Waals surface area contributed by atoms with Crippen molar-refractivity contribution >= 4 is 21.6 Å². The molecule has 0 atom stereocenters. The molecule has 10 heteroatoms. The van der Waals surface area contributed by atoms with Gasteiger partial charge in [0.25, 0.3) is 15.2 Å². The van der Waals surface area contributed by atoms with E-state index in [-0.39, 0.29) is 16.9 Å². The van der Waals surface area contributed by atoms with Crippen LogP contribution in [0, 0.1) is 0 Å². The van der Waals surface area contributed by atoms with Gasteiger partial charge in [-0.05, 0) is 17.5 Å². The summed E-state index contributed by atoms with van der Waals surface area (Å²) < 4.78 is 25.9. The van der Waals surface area contributed by atoms with Crippen molar-refractivity contribution in [1.29, 1.82) is 0 Å². The summed E-state index contributed by atoms with van der Waals surface area (Å²) in [7, 11) is -3.87. The summed E-state index contributed by atoms with van der Waals surface area (Å²) in [5, 5.41) is 14.6. The van der Waals surface area contributed by atoms with E-state index in [1.54, 1.807) is 0 Å². The molecule has 0 amide bonds. The highest BCUT2D eigenvalue weighted by molar-refractivity contribution is 7.89. The van der Waals surface area contributed by atoms with Gasteiger partial charge < -0.3 is 0 Å². The Morgan fingerprint density at radius 3 is 2.65 bits per heavy atom. The number of nitrogens with two attached hydrogens (primary N) is 1. The number of H-pyrrole nitrogens is 1. The molecule has 92 valence electrons. The molecule has 2 rings (SSSR count). The predicted octanol–water partition coefficient (Wildman–Crippen LogP) is 0.0940. The number of aromatic nitrogens is 5. The van der Waals surface area contributed by atoms with Gasteiger partial charge in [-0.15, -0.1) is 5.10 Å². The fraction of sp³-hybridized carbons (Fsp3) is 0.429. The second kappa shape index (κ2) is 4.13. The zero-order valence-corrected chi connectivity index (χ0v) is 10.7. The first-order valence-corrected chi connectivity index (χ1v) is 6.99. The maximum Gasteiger partial charge on any atom is 0.273 e. The highest BCUT2D eigenvalue weighted by Gasteiger charge is 2.20. The number of rotatable bonds is 3. The Hall–Kier alpha value is -1.39. The largest absolute Gasteiger partial charge is 0.273 e. The lowest BCUT2D eigenvalue weighted by molar-refractivity contribution is 0.589. The number of hydrogen-bond donors (Lipinski definition) is 2. The third kappa shape index (κ3) is 2.33. The van der Waals surface area contributed by atoms with Gasteiger partial charge >= 0.3 is 0 Å². The van der Waals surface area contributed by atoms with Crippen LogP contribution in [0.4, 0.5) is 0 Å². The van der Waals surface area contributed by atoms with Crippen LogP contribution in [0.25, 0.3) is 10.7 Å². The lowest BCUT2D eigenvalue weighted by atomic mass is 10.1. The number of nitrogens with zero attached hydrogens (tertiary/aromatic N) is 4.